The van der Waals surface area contributed by atoms with E-state index in [0.29, 0.717) is 18.0 Å². The molecule has 3 nitrogen and oxygen atoms in total. The second-order valence-corrected chi connectivity index (χ2v) is 6.34. The van der Waals surface area contributed by atoms with E-state index in [1.807, 2.05) is 4.90 Å². The van der Waals surface area contributed by atoms with Gasteiger partial charge in [0.2, 0.25) is 0 Å². The lowest BCUT2D eigenvalue weighted by Crippen LogP contribution is -2.40. The zero-order valence-electron chi connectivity index (χ0n) is 12.4. The van der Waals surface area contributed by atoms with E-state index in [4.69, 9.17) is 0 Å². The number of halogens is 2. The molecular formula is C16H22BrFN2O. The predicted octanol–water partition coefficient (Wildman–Crippen LogP) is 3.44. The number of hydrogen-bond acceptors (Lipinski definition) is 2. The van der Waals surface area contributed by atoms with E-state index in [0.717, 1.165) is 38.9 Å². The van der Waals surface area contributed by atoms with Gasteiger partial charge in [-0.05, 0) is 66.3 Å². The van der Waals surface area contributed by atoms with Crippen molar-refractivity contribution in [2.24, 2.45) is 5.92 Å². The average molecular weight is 357 g/mol. The predicted molar refractivity (Wildman–Crippen MR) is 85.9 cm³/mol. The first-order valence-electron chi connectivity index (χ1n) is 7.57. The number of rotatable bonds is 5. The van der Waals surface area contributed by atoms with Gasteiger partial charge in [-0.1, -0.05) is 13.0 Å². The Labute approximate surface area is 134 Å². The normalized spacial score (nSPS) is 16.0. The zero-order valence-corrected chi connectivity index (χ0v) is 14.0. The summed E-state index contributed by atoms with van der Waals surface area (Å²) in [6.07, 6.45) is 3.10. The zero-order chi connectivity index (χ0) is 15.2. The Bertz CT molecular complexity index is 489. The number of piperidine rings is 1. The van der Waals surface area contributed by atoms with Crippen LogP contribution < -0.4 is 5.32 Å². The first-order chi connectivity index (χ1) is 10.1. The molecule has 0 aliphatic carbocycles. The van der Waals surface area contributed by atoms with Gasteiger partial charge in [0.25, 0.3) is 5.91 Å². The number of carbonyl (C=O) groups is 1. The van der Waals surface area contributed by atoms with E-state index in [-0.39, 0.29) is 16.2 Å². The lowest BCUT2D eigenvalue weighted by molar-refractivity contribution is 0.0715. The van der Waals surface area contributed by atoms with Crippen LogP contribution in [0.3, 0.4) is 0 Å². The van der Waals surface area contributed by atoms with Gasteiger partial charge in [-0.2, -0.15) is 0 Å². The minimum absolute atomic E-state index is 0.0817. The molecule has 0 radical (unpaired) electrons. The monoisotopic (exact) mass is 356 g/mol. The molecule has 0 unspecified atom stereocenters. The number of carbonyl (C=O) groups excluding carboxylic acids is 1. The molecule has 2 rings (SSSR count). The summed E-state index contributed by atoms with van der Waals surface area (Å²) < 4.78 is 13.9. The number of hydrogen-bond donors (Lipinski definition) is 1. The van der Waals surface area contributed by atoms with Crippen LogP contribution in [-0.4, -0.2) is 37.0 Å². The molecule has 0 aromatic heterocycles. The highest BCUT2D eigenvalue weighted by molar-refractivity contribution is 9.10. The van der Waals surface area contributed by atoms with Gasteiger partial charge in [0.1, 0.15) is 5.82 Å². The molecule has 5 heteroatoms. The Morgan fingerprint density at radius 3 is 2.81 bits per heavy atom. The van der Waals surface area contributed by atoms with Crippen molar-refractivity contribution in [1.82, 2.24) is 10.2 Å². The minimum atomic E-state index is -0.390. The molecule has 116 valence electrons. The van der Waals surface area contributed by atoms with Crippen LogP contribution in [0.4, 0.5) is 4.39 Å². The van der Waals surface area contributed by atoms with Gasteiger partial charge in [0.15, 0.2) is 0 Å². The second-order valence-electron chi connectivity index (χ2n) is 5.55. The molecule has 1 aliphatic rings. The van der Waals surface area contributed by atoms with Gasteiger partial charge in [0, 0.05) is 13.1 Å². The SMILES string of the molecule is CCCN(CC1CCNCC1)C(=O)c1cccc(F)c1Br. The quantitative estimate of drug-likeness (QED) is 0.876. The third kappa shape index (κ3) is 4.27. The van der Waals surface area contributed by atoms with Crippen LogP contribution >= 0.6 is 15.9 Å². The molecule has 1 amide bonds. The van der Waals surface area contributed by atoms with E-state index in [1.54, 1.807) is 12.1 Å². The molecule has 1 heterocycles. The van der Waals surface area contributed by atoms with Gasteiger partial charge < -0.3 is 10.2 Å². The standard InChI is InChI=1S/C16H22BrFN2O/c1-2-10-20(11-12-6-8-19-9-7-12)16(21)13-4-3-5-14(18)15(13)17/h3-5,12,19H,2,6-11H2,1H3. The summed E-state index contributed by atoms with van der Waals surface area (Å²) in [6, 6.07) is 4.63. The van der Waals surface area contributed by atoms with Crippen LogP contribution in [0, 0.1) is 11.7 Å². The number of benzene rings is 1. The Kier molecular flexibility index (Phi) is 6.18. The topological polar surface area (TPSA) is 32.3 Å². The molecule has 1 aromatic rings. The first-order valence-corrected chi connectivity index (χ1v) is 8.36. The highest BCUT2D eigenvalue weighted by atomic mass is 79.9. The van der Waals surface area contributed by atoms with Gasteiger partial charge in [-0.25, -0.2) is 4.39 Å². The fourth-order valence-electron chi connectivity index (χ4n) is 2.76. The molecule has 1 N–H and O–H groups in total. The van der Waals surface area contributed by atoms with Crippen molar-refractivity contribution in [1.29, 1.82) is 0 Å². The second kappa shape index (κ2) is 7.90. The number of nitrogens with zero attached hydrogens (tertiary/aromatic N) is 1. The lowest BCUT2D eigenvalue weighted by Gasteiger charge is -2.30. The van der Waals surface area contributed by atoms with E-state index in [2.05, 4.69) is 28.2 Å². The minimum Gasteiger partial charge on any atom is -0.338 e. The summed E-state index contributed by atoms with van der Waals surface area (Å²) in [4.78, 5) is 14.6. The van der Waals surface area contributed by atoms with E-state index < -0.39 is 0 Å². The van der Waals surface area contributed by atoms with Gasteiger partial charge in [-0.15, -0.1) is 0 Å². The van der Waals surface area contributed by atoms with Crippen molar-refractivity contribution in [3.05, 3.63) is 34.1 Å². The number of amides is 1. The van der Waals surface area contributed by atoms with Crippen LogP contribution in [0.15, 0.2) is 22.7 Å². The summed E-state index contributed by atoms with van der Waals surface area (Å²) in [5, 5.41) is 3.34. The summed E-state index contributed by atoms with van der Waals surface area (Å²) in [7, 11) is 0. The molecule has 1 saturated heterocycles. The molecule has 21 heavy (non-hydrogen) atoms. The van der Waals surface area contributed by atoms with Crippen molar-refractivity contribution in [3.8, 4) is 0 Å². The Morgan fingerprint density at radius 2 is 2.14 bits per heavy atom. The van der Waals surface area contributed by atoms with Crippen molar-refractivity contribution < 1.29 is 9.18 Å². The number of nitrogens with one attached hydrogen (secondary N) is 1. The summed E-state index contributed by atoms with van der Waals surface area (Å²) in [5.74, 6) is 0.0648. The largest absolute Gasteiger partial charge is 0.338 e. The molecule has 1 fully saturated rings. The van der Waals surface area contributed by atoms with Crippen molar-refractivity contribution in [2.45, 2.75) is 26.2 Å². The lowest BCUT2D eigenvalue weighted by atomic mass is 9.97. The van der Waals surface area contributed by atoms with Gasteiger partial charge >= 0.3 is 0 Å². The maximum atomic E-state index is 13.6. The third-order valence-corrected chi connectivity index (χ3v) is 4.71. The van der Waals surface area contributed by atoms with Crippen LogP contribution in [0.1, 0.15) is 36.5 Å². The Morgan fingerprint density at radius 1 is 1.43 bits per heavy atom. The van der Waals surface area contributed by atoms with Crippen LogP contribution in [0.25, 0.3) is 0 Å². The maximum Gasteiger partial charge on any atom is 0.255 e. The molecule has 0 saturated carbocycles. The van der Waals surface area contributed by atoms with Crippen molar-refractivity contribution in [2.75, 3.05) is 26.2 Å². The molecule has 1 aromatic carbocycles. The van der Waals surface area contributed by atoms with E-state index in [1.165, 1.54) is 6.07 Å². The summed E-state index contributed by atoms with van der Waals surface area (Å²) >= 11 is 3.19. The molecule has 1 aliphatic heterocycles. The van der Waals surface area contributed by atoms with Crippen LogP contribution in [0.5, 0.6) is 0 Å². The van der Waals surface area contributed by atoms with Crippen LogP contribution in [0.2, 0.25) is 0 Å². The summed E-state index contributed by atoms with van der Waals surface area (Å²) in [5.41, 5.74) is 0.414. The average Bonchev–Trinajstić information content (AvgIpc) is 2.50. The summed E-state index contributed by atoms with van der Waals surface area (Å²) in [6.45, 7) is 5.57. The Hall–Kier alpha value is -0.940. The smallest absolute Gasteiger partial charge is 0.255 e. The highest BCUT2D eigenvalue weighted by Crippen LogP contribution is 2.23. The molecular weight excluding hydrogens is 335 g/mol. The van der Waals surface area contributed by atoms with Crippen molar-refractivity contribution in [3.63, 3.8) is 0 Å². The van der Waals surface area contributed by atoms with Crippen molar-refractivity contribution >= 4 is 21.8 Å². The van der Waals surface area contributed by atoms with Gasteiger partial charge in [-0.3, -0.25) is 4.79 Å². The fraction of sp³-hybridized carbons (Fsp3) is 0.562. The Balaban J connectivity index is 2.12. The van der Waals surface area contributed by atoms with E-state index >= 15 is 0 Å². The molecule has 0 spiro atoms. The van der Waals surface area contributed by atoms with E-state index in [9.17, 15) is 9.18 Å². The third-order valence-electron chi connectivity index (χ3n) is 3.90. The van der Waals surface area contributed by atoms with Gasteiger partial charge in [0.05, 0.1) is 10.0 Å². The maximum absolute atomic E-state index is 13.6. The fourth-order valence-corrected chi connectivity index (χ4v) is 3.19. The first kappa shape index (κ1) is 16.4. The molecule has 0 atom stereocenters. The highest BCUT2D eigenvalue weighted by Gasteiger charge is 2.23. The molecule has 0 bridgehead atoms. The van der Waals surface area contributed by atoms with Crippen LogP contribution in [-0.2, 0) is 0 Å².